The standard InChI is InChI=1S/C17H21Cl2N5O/c1-11(14-4-3-12(18)9-15(14)19)23(2)17(25)16-10-24(22-21-16)13-5-7-20-8-6-13/h3-4,9-11,13,20H,5-8H2,1-2H3. The van der Waals surface area contributed by atoms with Crippen LogP contribution < -0.4 is 5.32 Å². The summed E-state index contributed by atoms with van der Waals surface area (Å²) in [4.78, 5) is 14.4. The lowest BCUT2D eigenvalue weighted by Gasteiger charge is -2.25. The van der Waals surface area contributed by atoms with E-state index in [1.807, 2.05) is 17.7 Å². The van der Waals surface area contributed by atoms with E-state index in [4.69, 9.17) is 23.2 Å². The van der Waals surface area contributed by atoms with E-state index in [0.717, 1.165) is 31.5 Å². The summed E-state index contributed by atoms with van der Waals surface area (Å²) >= 11 is 12.2. The molecular weight excluding hydrogens is 361 g/mol. The van der Waals surface area contributed by atoms with Crippen LogP contribution in [0.2, 0.25) is 10.0 Å². The lowest BCUT2D eigenvalue weighted by atomic mass is 10.1. The van der Waals surface area contributed by atoms with Crippen LogP contribution in [0, 0.1) is 0 Å². The van der Waals surface area contributed by atoms with Crippen molar-refractivity contribution in [2.75, 3.05) is 20.1 Å². The first-order valence-electron chi connectivity index (χ1n) is 8.32. The summed E-state index contributed by atoms with van der Waals surface area (Å²) in [5, 5.41) is 12.6. The number of hydrogen-bond acceptors (Lipinski definition) is 4. The molecule has 1 aliphatic heterocycles. The maximum Gasteiger partial charge on any atom is 0.276 e. The van der Waals surface area contributed by atoms with Crippen LogP contribution in [0.15, 0.2) is 24.4 Å². The highest BCUT2D eigenvalue weighted by molar-refractivity contribution is 6.35. The van der Waals surface area contributed by atoms with E-state index >= 15 is 0 Å². The molecule has 0 spiro atoms. The molecule has 8 heteroatoms. The Morgan fingerprint density at radius 1 is 1.36 bits per heavy atom. The van der Waals surface area contributed by atoms with Crippen molar-refractivity contribution in [3.05, 3.63) is 45.7 Å². The van der Waals surface area contributed by atoms with E-state index in [-0.39, 0.29) is 11.9 Å². The number of aromatic nitrogens is 3. The van der Waals surface area contributed by atoms with Gasteiger partial charge >= 0.3 is 0 Å². The molecule has 1 aromatic heterocycles. The van der Waals surface area contributed by atoms with Gasteiger partial charge in [-0.15, -0.1) is 5.10 Å². The molecule has 1 fully saturated rings. The molecule has 1 saturated heterocycles. The second kappa shape index (κ2) is 7.72. The summed E-state index contributed by atoms with van der Waals surface area (Å²) in [6.45, 7) is 3.84. The first-order chi connectivity index (χ1) is 12.0. The quantitative estimate of drug-likeness (QED) is 0.881. The summed E-state index contributed by atoms with van der Waals surface area (Å²) in [6, 6.07) is 5.38. The van der Waals surface area contributed by atoms with Crippen LogP contribution in [0.4, 0.5) is 0 Å². The van der Waals surface area contributed by atoms with Gasteiger partial charge in [0, 0.05) is 17.1 Å². The van der Waals surface area contributed by atoms with Gasteiger partial charge < -0.3 is 10.2 Å². The van der Waals surface area contributed by atoms with Gasteiger partial charge in [-0.05, 0) is 50.6 Å². The van der Waals surface area contributed by atoms with Crippen LogP contribution in [0.1, 0.15) is 47.9 Å². The molecule has 2 heterocycles. The molecule has 0 bridgehead atoms. The molecule has 0 aliphatic carbocycles. The van der Waals surface area contributed by atoms with Gasteiger partial charge in [-0.1, -0.05) is 34.5 Å². The van der Waals surface area contributed by atoms with Gasteiger partial charge in [-0.3, -0.25) is 4.79 Å². The summed E-state index contributed by atoms with van der Waals surface area (Å²) in [5.41, 5.74) is 1.19. The van der Waals surface area contributed by atoms with Crippen LogP contribution in [-0.2, 0) is 0 Å². The number of rotatable bonds is 4. The highest BCUT2D eigenvalue weighted by atomic mass is 35.5. The monoisotopic (exact) mass is 381 g/mol. The third kappa shape index (κ3) is 3.97. The average molecular weight is 382 g/mol. The van der Waals surface area contributed by atoms with E-state index in [1.165, 1.54) is 0 Å². The van der Waals surface area contributed by atoms with E-state index in [0.29, 0.717) is 21.8 Å². The largest absolute Gasteiger partial charge is 0.333 e. The molecule has 3 rings (SSSR count). The number of carbonyl (C=O) groups excluding carboxylic acids is 1. The molecule has 6 nitrogen and oxygen atoms in total. The van der Waals surface area contributed by atoms with Gasteiger partial charge in [-0.2, -0.15) is 0 Å². The van der Waals surface area contributed by atoms with Gasteiger partial charge in [0.1, 0.15) is 0 Å². The van der Waals surface area contributed by atoms with Crippen molar-refractivity contribution < 1.29 is 4.79 Å². The molecule has 1 aromatic carbocycles. The molecule has 1 N–H and O–H groups in total. The fraction of sp³-hybridized carbons (Fsp3) is 0.471. The first kappa shape index (κ1) is 18.2. The maximum absolute atomic E-state index is 12.8. The predicted molar refractivity (Wildman–Crippen MR) is 98.1 cm³/mol. The Hall–Kier alpha value is -1.63. The third-order valence-corrected chi connectivity index (χ3v) is 5.29. The normalized spacial score (nSPS) is 16.6. The third-order valence-electron chi connectivity index (χ3n) is 4.73. The Morgan fingerprint density at radius 2 is 2.08 bits per heavy atom. The van der Waals surface area contributed by atoms with Gasteiger partial charge in [0.25, 0.3) is 5.91 Å². The SMILES string of the molecule is CC(c1ccc(Cl)cc1Cl)N(C)C(=O)c1cn(C2CCNCC2)nn1. The molecule has 1 unspecified atom stereocenters. The highest BCUT2D eigenvalue weighted by Crippen LogP contribution is 2.29. The summed E-state index contributed by atoms with van der Waals surface area (Å²) in [5.74, 6) is -0.182. The summed E-state index contributed by atoms with van der Waals surface area (Å²) in [6.07, 6.45) is 3.72. The highest BCUT2D eigenvalue weighted by Gasteiger charge is 2.24. The molecule has 0 saturated carbocycles. The second-order valence-corrected chi connectivity index (χ2v) is 7.17. The molecule has 1 aliphatic rings. The lowest BCUT2D eigenvalue weighted by molar-refractivity contribution is 0.0736. The predicted octanol–water partition coefficient (Wildman–Crippen LogP) is 3.34. The molecule has 1 amide bonds. The van der Waals surface area contributed by atoms with Crippen LogP contribution in [-0.4, -0.2) is 45.9 Å². The van der Waals surface area contributed by atoms with Crippen molar-refractivity contribution in [2.45, 2.75) is 31.8 Å². The Balaban J connectivity index is 1.74. The minimum absolute atomic E-state index is 0.182. The number of halogens is 2. The van der Waals surface area contributed by atoms with Crippen molar-refractivity contribution in [1.29, 1.82) is 0 Å². The molecular formula is C17H21Cl2N5O. The summed E-state index contributed by atoms with van der Waals surface area (Å²) < 4.78 is 1.81. The Morgan fingerprint density at radius 3 is 2.76 bits per heavy atom. The van der Waals surface area contributed by atoms with Gasteiger partial charge in [0.15, 0.2) is 5.69 Å². The average Bonchev–Trinajstić information content (AvgIpc) is 3.11. The van der Waals surface area contributed by atoms with Crippen LogP contribution in [0.5, 0.6) is 0 Å². The van der Waals surface area contributed by atoms with Crippen LogP contribution >= 0.6 is 23.2 Å². The Labute approximate surface area is 157 Å². The number of nitrogens with one attached hydrogen (secondary N) is 1. The Bertz CT molecular complexity index is 757. The van der Waals surface area contributed by atoms with E-state index in [2.05, 4.69) is 15.6 Å². The smallest absolute Gasteiger partial charge is 0.276 e. The van der Waals surface area contributed by atoms with Crippen LogP contribution in [0.25, 0.3) is 0 Å². The van der Waals surface area contributed by atoms with Gasteiger partial charge in [0.2, 0.25) is 0 Å². The molecule has 134 valence electrons. The Kier molecular flexibility index (Phi) is 5.61. The van der Waals surface area contributed by atoms with E-state index in [9.17, 15) is 4.79 Å². The topological polar surface area (TPSA) is 63.1 Å². The maximum atomic E-state index is 12.8. The lowest BCUT2D eigenvalue weighted by Crippen LogP contribution is -2.30. The van der Waals surface area contributed by atoms with Crippen molar-refractivity contribution >= 4 is 29.1 Å². The van der Waals surface area contributed by atoms with E-state index in [1.54, 1.807) is 30.3 Å². The zero-order chi connectivity index (χ0) is 18.0. The number of benzene rings is 1. The number of amides is 1. The summed E-state index contributed by atoms with van der Waals surface area (Å²) in [7, 11) is 1.74. The molecule has 25 heavy (non-hydrogen) atoms. The van der Waals surface area contributed by atoms with E-state index < -0.39 is 0 Å². The number of piperidine rings is 1. The first-order valence-corrected chi connectivity index (χ1v) is 9.07. The van der Waals surface area contributed by atoms with Crippen molar-refractivity contribution in [1.82, 2.24) is 25.2 Å². The minimum Gasteiger partial charge on any atom is -0.333 e. The van der Waals surface area contributed by atoms with Crippen LogP contribution in [0.3, 0.4) is 0 Å². The fourth-order valence-corrected chi connectivity index (χ4v) is 3.60. The van der Waals surface area contributed by atoms with Crippen molar-refractivity contribution in [3.63, 3.8) is 0 Å². The number of hydrogen-bond donors (Lipinski definition) is 1. The van der Waals surface area contributed by atoms with Crippen molar-refractivity contribution in [2.24, 2.45) is 0 Å². The number of nitrogens with zero attached hydrogens (tertiary/aromatic N) is 4. The fourth-order valence-electron chi connectivity index (χ4n) is 3.03. The zero-order valence-corrected chi connectivity index (χ0v) is 15.8. The minimum atomic E-state index is -0.207. The van der Waals surface area contributed by atoms with Gasteiger partial charge in [-0.25, -0.2) is 4.68 Å². The molecule has 1 atom stereocenters. The van der Waals surface area contributed by atoms with Gasteiger partial charge in [0.05, 0.1) is 18.3 Å². The molecule has 0 radical (unpaired) electrons. The van der Waals surface area contributed by atoms with Crippen molar-refractivity contribution in [3.8, 4) is 0 Å². The number of carbonyl (C=O) groups is 1. The second-order valence-electron chi connectivity index (χ2n) is 6.32. The zero-order valence-electron chi connectivity index (χ0n) is 14.2. The molecule has 2 aromatic rings.